The van der Waals surface area contributed by atoms with Crippen LogP contribution in [0.5, 0.6) is 5.75 Å². The van der Waals surface area contributed by atoms with E-state index in [4.69, 9.17) is 25.8 Å². The van der Waals surface area contributed by atoms with Gasteiger partial charge >= 0.3 is 5.97 Å². The SMILES string of the molecule is COC(=O)C(Cc1ccc(OC(=C2CCC2)N2CCOCC2)cc1)NC(=O)c1ccccc1Cl. The maximum atomic E-state index is 12.7. The zero-order valence-corrected chi connectivity index (χ0v) is 20.0. The van der Waals surface area contributed by atoms with Crippen LogP contribution in [-0.2, 0) is 20.7 Å². The van der Waals surface area contributed by atoms with Crippen LogP contribution in [-0.4, -0.2) is 56.2 Å². The number of hydrogen-bond acceptors (Lipinski definition) is 6. The van der Waals surface area contributed by atoms with Crippen molar-refractivity contribution in [3.05, 3.63) is 76.1 Å². The van der Waals surface area contributed by atoms with Gasteiger partial charge in [-0.3, -0.25) is 4.79 Å². The number of esters is 1. The van der Waals surface area contributed by atoms with Crippen LogP contribution in [0.4, 0.5) is 0 Å². The lowest BCUT2D eigenvalue weighted by Crippen LogP contribution is -2.43. The van der Waals surface area contributed by atoms with Crippen molar-refractivity contribution in [3.8, 4) is 5.75 Å². The molecule has 1 heterocycles. The van der Waals surface area contributed by atoms with Gasteiger partial charge in [0, 0.05) is 19.5 Å². The highest BCUT2D eigenvalue weighted by Gasteiger charge is 2.25. The maximum Gasteiger partial charge on any atom is 0.328 e. The lowest BCUT2D eigenvalue weighted by atomic mass is 9.92. The Labute approximate surface area is 204 Å². The summed E-state index contributed by atoms with van der Waals surface area (Å²) in [7, 11) is 1.30. The van der Waals surface area contributed by atoms with Crippen molar-refractivity contribution in [1.82, 2.24) is 10.2 Å². The molecular weight excluding hydrogens is 456 g/mol. The van der Waals surface area contributed by atoms with Crippen LogP contribution in [0.1, 0.15) is 35.2 Å². The summed E-state index contributed by atoms with van der Waals surface area (Å²) in [5.74, 6) is 0.731. The van der Waals surface area contributed by atoms with Gasteiger partial charge < -0.3 is 24.4 Å². The van der Waals surface area contributed by atoms with Crippen molar-refractivity contribution in [3.63, 3.8) is 0 Å². The normalized spacial score (nSPS) is 16.3. The first kappa shape index (κ1) is 24.1. The second-order valence-corrected chi connectivity index (χ2v) is 8.75. The molecule has 1 saturated heterocycles. The Balaban J connectivity index is 1.43. The van der Waals surface area contributed by atoms with E-state index in [1.165, 1.54) is 19.1 Å². The summed E-state index contributed by atoms with van der Waals surface area (Å²) in [6, 6.07) is 13.4. The van der Waals surface area contributed by atoms with E-state index >= 15 is 0 Å². The first-order valence-electron chi connectivity index (χ1n) is 11.5. The summed E-state index contributed by atoms with van der Waals surface area (Å²) < 4.78 is 16.7. The highest BCUT2D eigenvalue weighted by Crippen LogP contribution is 2.32. The number of hydrogen-bond donors (Lipinski definition) is 1. The second-order valence-electron chi connectivity index (χ2n) is 8.34. The van der Waals surface area contributed by atoms with Crippen molar-refractivity contribution in [1.29, 1.82) is 0 Å². The van der Waals surface area contributed by atoms with E-state index in [1.807, 2.05) is 24.3 Å². The molecule has 7 nitrogen and oxygen atoms in total. The number of nitrogens with zero attached hydrogens (tertiary/aromatic N) is 1. The molecule has 2 fully saturated rings. The van der Waals surface area contributed by atoms with Crippen LogP contribution in [0.2, 0.25) is 5.02 Å². The molecular formula is C26H29ClN2O5. The largest absolute Gasteiger partial charge is 0.467 e. The number of nitrogens with one attached hydrogen (secondary N) is 1. The Morgan fingerprint density at radius 3 is 2.41 bits per heavy atom. The van der Waals surface area contributed by atoms with Crippen molar-refractivity contribution >= 4 is 23.5 Å². The van der Waals surface area contributed by atoms with Crippen LogP contribution >= 0.6 is 11.6 Å². The zero-order chi connectivity index (χ0) is 23.9. The highest BCUT2D eigenvalue weighted by atomic mass is 35.5. The van der Waals surface area contributed by atoms with E-state index in [9.17, 15) is 9.59 Å². The molecule has 180 valence electrons. The van der Waals surface area contributed by atoms with Crippen LogP contribution in [0, 0.1) is 0 Å². The predicted octanol–water partition coefficient (Wildman–Crippen LogP) is 3.96. The first-order chi connectivity index (χ1) is 16.5. The van der Waals surface area contributed by atoms with Crippen LogP contribution in [0.25, 0.3) is 0 Å². The molecule has 2 aromatic carbocycles. The van der Waals surface area contributed by atoms with Crippen LogP contribution in [0.3, 0.4) is 0 Å². The fourth-order valence-corrected chi connectivity index (χ4v) is 4.17. The summed E-state index contributed by atoms with van der Waals surface area (Å²) in [5, 5.41) is 3.06. The fourth-order valence-electron chi connectivity index (χ4n) is 3.95. The molecule has 1 saturated carbocycles. The quantitative estimate of drug-likeness (QED) is 0.451. The standard InChI is InChI=1S/C26H29ClN2O5/c1-32-26(31)23(28-24(30)21-7-2-3-8-22(21)27)17-18-9-11-20(12-10-18)34-25(19-5-4-6-19)29-13-15-33-16-14-29/h2-3,7-12,23H,4-6,13-17H2,1H3,(H,28,30). The Morgan fingerprint density at radius 1 is 1.09 bits per heavy atom. The molecule has 34 heavy (non-hydrogen) atoms. The minimum atomic E-state index is -0.846. The zero-order valence-electron chi connectivity index (χ0n) is 19.2. The fraction of sp³-hybridized carbons (Fsp3) is 0.385. The van der Waals surface area contributed by atoms with Crippen LogP contribution < -0.4 is 10.1 Å². The van der Waals surface area contributed by atoms with E-state index in [0.29, 0.717) is 23.8 Å². The highest BCUT2D eigenvalue weighted by molar-refractivity contribution is 6.33. The molecule has 0 spiro atoms. The van der Waals surface area contributed by atoms with Gasteiger partial charge in [0.1, 0.15) is 11.8 Å². The lowest BCUT2D eigenvalue weighted by Gasteiger charge is -2.34. The Kier molecular flexibility index (Phi) is 8.08. The van der Waals surface area contributed by atoms with Gasteiger partial charge in [0.15, 0.2) is 5.88 Å². The average Bonchev–Trinajstić information content (AvgIpc) is 2.83. The summed E-state index contributed by atoms with van der Waals surface area (Å²) in [6.07, 6.45) is 3.61. The number of benzene rings is 2. The number of rotatable bonds is 8. The Morgan fingerprint density at radius 2 is 1.79 bits per heavy atom. The number of allylic oxidation sites excluding steroid dienone is 1. The Hall–Kier alpha value is -3.03. The number of ether oxygens (including phenoxy) is 3. The van der Waals surface area contributed by atoms with Crippen molar-refractivity contribution in [2.45, 2.75) is 31.7 Å². The first-order valence-corrected chi connectivity index (χ1v) is 11.9. The molecule has 0 radical (unpaired) electrons. The molecule has 1 aliphatic heterocycles. The summed E-state index contributed by atoms with van der Waals surface area (Å²) in [5.41, 5.74) is 2.52. The summed E-state index contributed by atoms with van der Waals surface area (Å²) in [4.78, 5) is 27.3. The molecule has 4 rings (SSSR count). The second kappa shape index (κ2) is 11.4. The summed E-state index contributed by atoms with van der Waals surface area (Å²) >= 11 is 6.12. The van der Waals surface area contributed by atoms with Crippen molar-refractivity contribution in [2.75, 3.05) is 33.4 Å². The molecule has 2 aliphatic rings. The van der Waals surface area contributed by atoms with Gasteiger partial charge in [-0.25, -0.2) is 4.79 Å². The molecule has 1 atom stereocenters. The van der Waals surface area contributed by atoms with Gasteiger partial charge in [-0.1, -0.05) is 35.9 Å². The molecule has 1 unspecified atom stereocenters. The molecule has 8 heteroatoms. The van der Waals surface area contributed by atoms with Gasteiger partial charge in [0.2, 0.25) is 0 Å². The third-order valence-electron chi connectivity index (χ3n) is 6.05. The molecule has 1 aliphatic carbocycles. The lowest BCUT2D eigenvalue weighted by molar-refractivity contribution is -0.142. The smallest absolute Gasteiger partial charge is 0.328 e. The molecule has 2 aromatic rings. The maximum absolute atomic E-state index is 12.7. The third-order valence-corrected chi connectivity index (χ3v) is 6.37. The monoisotopic (exact) mass is 484 g/mol. The van der Waals surface area contributed by atoms with Gasteiger partial charge in [0.25, 0.3) is 5.91 Å². The van der Waals surface area contributed by atoms with Gasteiger partial charge in [-0.2, -0.15) is 0 Å². The van der Waals surface area contributed by atoms with E-state index in [0.717, 1.165) is 43.1 Å². The third kappa shape index (κ3) is 5.90. The number of amides is 1. The van der Waals surface area contributed by atoms with Crippen molar-refractivity contribution < 1.29 is 23.8 Å². The van der Waals surface area contributed by atoms with Gasteiger partial charge in [0.05, 0.1) is 30.9 Å². The number of halogens is 1. The van der Waals surface area contributed by atoms with E-state index in [1.54, 1.807) is 24.3 Å². The topological polar surface area (TPSA) is 77.1 Å². The summed E-state index contributed by atoms with van der Waals surface area (Å²) in [6.45, 7) is 3.05. The van der Waals surface area contributed by atoms with Crippen molar-refractivity contribution in [2.24, 2.45) is 0 Å². The van der Waals surface area contributed by atoms with Gasteiger partial charge in [-0.05, 0) is 54.7 Å². The van der Waals surface area contributed by atoms with Crippen LogP contribution in [0.15, 0.2) is 60.0 Å². The average molecular weight is 485 g/mol. The van der Waals surface area contributed by atoms with E-state index < -0.39 is 17.9 Å². The molecule has 1 amide bonds. The minimum Gasteiger partial charge on any atom is -0.467 e. The molecule has 0 aromatic heterocycles. The van der Waals surface area contributed by atoms with E-state index in [2.05, 4.69) is 10.2 Å². The van der Waals surface area contributed by atoms with E-state index in [-0.39, 0.29) is 6.42 Å². The predicted molar refractivity (Wildman–Crippen MR) is 129 cm³/mol. The van der Waals surface area contributed by atoms with Gasteiger partial charge in [-0.15, -0.1) is 0 Å². The molecule has 0 bridgehead atoms. The minimum absolute atomic E-state index is 0.278. The molecule has 1 N–H and O–H groups in total. The number of carbonyl (C=O) groups excluding carboxylic acids is 2. The number of methoxy groups -OCH3 is 1. The number of carbonyl (C=O) groups is 2. The number of morpholine rings is 1. The Bertz CT molecular complexity index is 1040.